The molecule has 2 aliphatic heterocycles. The fourth-order valence-electron chi connectivity index (χ4n) is 5.51. The number of carbonyl (C=O) groups excluding carboxylic acids is 3. The van der Waals surface area contributed by atoms with Crippen molar-refractivity contribution in [3.63, 3.8) is 0 Å². The van der Waals surface area contributed by atoms with Crippen molar-refractivity contribution in [2.24, 2.45) is 5.92 Å². The van der Waals surface area contributed by atoms with Gasteiger partial charge in [0.05, 0.1) is 28.8 Å². The van der Waals surface area contributed by atoms with Crippen LogP contribution in [-0.4, -0.2) is 47.3 Å². The first kappa shape index (κ1) is 29.9. The number of nitrogens with zero attached hydrogens (tertiary/aromatic N) is 3. The maximum absolute atomic E-state index is 14.0. The smallest absolute Gasteiger partial charge is 0.416 e. The van der Waals surface area contributed by atoms with Gasteiger partial charge in [-0.2, -0.15) is 13.2 Å². The Labute approximate surface area is 248 Å². The van der Waals surface area contributed by atoms with Crippen molar-refractivity contribution < 1.29 is 32.3 Å². The van der Waals surface area contributed by atoms with Crippen LogP contribution in [0, 0.1) is 5.92 Å². The van der Waals surface area contributed by atoms with Gasteiger partial charge in [-0.15, -0.1) is 0 Å². The monoisotopic (exact) mass is 619 g/mol. The molecule has 222 valence electrons. The molecule has 0 radical (unpaired) electrons. The summed E-state index contributed by atoms with van der Waals surface area (Å²) in [5, 5.41) is -0.640. The number of anilines is 2. The van der Waals surface area contributed by atoms with Crippen LogP contribution in [0.1, 0.15) is 42.7 Å². The summed E-state index contributed by atoms with van der Waals surface area (Å²) in [6, 6.07) is 11.6. The van der Waals surface area contributed by atoms with Gasteiger partial charge in [-0.3, -0.25) is 23.7 Å². The van der Waals surface area contributed by atoms with Crippen LogP contribution in [0.2, 0.25) is 0 Å². The van der Waals surface area contributed by atoms with Gasteiger partial charge in [0.1, 0.15) is 11.8 Å². The summed E-state index contributed by atoms with van der Waals surface area (Å²) >= 11 is 1.88. The molecule has 2 unspecified atom stereocenters. The van der Waals surface area contributed by atoms with Crippen molar-refractivity contribution in [2.45, 2.75) is 49.7 Å². The first-order valence-electron chi connectivity index (χ1n) is 13.5. The number of rotatable bonds is 8. The van der Waals surface area contributed by atoms with Gasteiger partial charge < -0.3 is 9.64 Å². The number of thioether (sulfide) groups is 1. The minimum absolute atomic E-state index is 0.123. The van der Waals surface area contributed by atoms with E-state index >= 15 is 0 Å². The molecule has 0 N–H and O–H groups in total. The lowest BCUT2D eigenvalue weighted by molar-refractivity contribution is -0.144. The topological polar surface area (TPSA) is 88.9 Å². The lowest BCUT2D eigenvalue weighted by atomic mass is 9.83. The minimum atomic E-state index is -4.66. The lowest BCUT2D eigenvalue weighted by Gasteiger charge is -2.31. The molecule has 2 aliphatic rings. The Kier molecular flexibility index (Phi) is 8.26. The van der Waals surface area contributed by atoms with Crippen molar-refractivity contribution in [3.8, 4) is 0 Å². The summed E-state index contributed by atoms with van der Waals surface area (Å²) in [5.41, 5.74) is 0.490. The van der Waals surface area contributed by atoms with E-state index in [4.69, 9.17) is 4.74 Å². The first-order chi connectivity index (χ1) is 20.0. The number of amides is 2. The molecule has 0 bridgehead atoms. The summed E-state index contributed by atoms with van der Waals surface area (Å²) in [5.74, 6) is -3.64. The predicted octanol–water partition coefficient (Wildman–Crippen LogP) is 5.13. The highest BCUT2D eigenvalue weighted by atomic mass is 32.2. The van der Waals surface area contributed by atoms with Crippen molar-refractivity contribution in [1.82, 2.24) is 4.57 Å². The normalized spacial score (nSPS) is 20.0. The van der Waals surface area contributed by atoms with Gasteiger partial charge in [-0.1, -0.05) is 41.3 Å². The zero-order valence-corrected chi connectivity index (χ0v) is 24.6. The molecule has 0 aliphatic carbocycles. The highest BCUT2D eigenvalue weighted by molar-refractivity contribution is 8.00. The van der Waals surface area contributed by atoms with E-state index in [1.807, 2.05) is 38.1 Å². The number of ether oxygens (including phenoxy) is 1. The van der Waals surface area contributed by atoms with Gasteiger partial charge in [0.2, 0.25) is 11.8 Å². The Morgan fingerprint density at radius 1 is 1.00 bits per heavy atom. The van der Waals surface area contributed by atoms with Crippen molar-refractivity contribution in [3.05, 3.63) is 74.2 Å². The third kappa shape index (κ3) is 5.24. The Morgan fingerprint density at radius 2 is 1.69 bits per heavy atom. The Hall–Kier alpha value is -3.58. The van der Waals surface area contributed by atoms with Crippen LogP contribution in [0.3, 0.4) is 0 Å². The number of imide groups is 1. The summed E-state index contributed by atoms with van der Waals surface area (Å²) < 4.78 is 46.7. The summed E-state index contributed by atoms with van der Waals surface area (Å²) in [6.07, 6.45) is -4.66. The van der Waals surface area contributed by atoms with Crippen LogP contribution in [0.5, 0.6) is 0 Å². The van der Waals surface area contributed by atoms with Crippen LogP contribution < -0.4 is 14.7 Å². The van der Waals surface area contributed by atoms with Gasteiger partial charge in [-0.05, 0) is 56.7 Å². The van der Waals surface area contributed by atoms with Gasteiger partial charge in [0.25, 0.3) is 0 Å². The Balaban J connectivity index is 1.62. The number of halogens is 3. The van der Waals surface area contributed by atoms with E-state index < -0.39 is 51.5 Å². The molecule has 3 aromatic rings. The molecule has 13 heteroatoms. The molecule has 1 saturated heterocycles. The van der Waals surface area contributed by atoms with Crippen LogP contribution in [0.4, 0.5) is 24.5 Å². The molecule has 2 aromatic carbocycles. The number of hydrogen-bond donors (Lipinski definition) is 0. The van der Waals surface area contributed by atoms with E-state index in [1.165, 1.54) is 10.6 Å². The Morgan fingerprint density at radius 3 is 2.31 bits per heavy atom. The van der Waals surface area contributed by atoms with Crippen LogP contribution in [0.25, 0.3) is 0 Å². The lowest BCUT2D eigenvalue weighted by Crippen LogP contribution is -2.32. The fourth-order valence-corrected chi connectivity index (χ4v) is 8.28. The zero-order valence-electron chi connectivity index (χ0n) is 23.0. The second kappa shape index (κ2) is 11.6. The fraction of sp³-hybridized carbons (Fsp3) is 0.379. The van der Waals surface area contributed by atoms with Crippen LogP contribution in [-0.2, 0) is 31.8 Å². The second-order valence-corrected chi connectivity index (χ2v) is 11.9. The molecule has 2 amide bonds. The van der Waals surface area contributed by atoms with Crippen molar-refractivity contribution in [2.75, 3.05) is 29.5 Å². The largest absolute Gasteiger partial charge is 0.465 e. The van der Waals surface area contributed by atoms with E-state index in [9.17, 15) is 32.3 Å². The van der Waals surface area contributed by atoms with Gasteiger partial charge in [0, 0.05) is 29.6 Å². The predicted molar refractivity (Wildman–Crippen MR) is 154 cm³/mol. The number of aromatic nitrogens is 1. The number of alkyl halides is 3. The first-order valence-corrected chi connectivity index (χ1v) is 15.1. The highest BCUT2D eigenvalue weighted by Crippen LogP contribution is 2.54. The number of thiazole rings is 1. The SMILES string of the molecule is CCOC(=O)Cn1c2c(sc1=O)[C@H](c1ccc(N(CC)CC)cc1)C1C(=O)N(c3cccc(C(F)(F)F)c3)C(=O)C1S2. The average Bonchev–Trinajstić information content (AvgIpc) is 3.40. The zero-order chi connectivity index (χ0) is 30.3. The molecule has 3 atom stereocenters. The summed E-state index contributed by atoms with van der Waals surface area (Å²) in [6.45, 7) is 7.02. The van der Waals surface area contributed by atoms with E-state index in [2.05, 4.69) is 4.90 Å². The van der Waals surface area contributed by atoms with Gasteiger partial charge in [0.15, 0.2) is 0 Å². The number of fused-ring (bicyclic) bond motifs is 2. The van der Waals surface area contributed by atoms with E-state index in [0.717, 1.165) is 65.0 Å². The molecular weight excluding hydrogens is 591 g/mol. The third-order valence-electron chi connectivity index (χ3n) is 7.45. The third-order valence-corrected chi connectivity index (χ3v) is 10.1. The molecule has 1 aromatic heterocycles. The van der Waals surface area contributed by atoms with Crippen LogP contribution >= 0.6 is 23.1 Å². The standard InChI is InChI=1S/C29H28F3N3O5S2/c1-4-33(5-2)18-12-10-16(11-13-18)21-22-23(41-27-24(21)42-28(39)34(27)15-20(36)40-6-3)26(38)35(25(22)37)19-9-7-8-17(14-19)29(30,31)32/h7-14,21-23H,4-6,15H2,1-3H3/t21-,22?,23?/m1/s1. The average molecular weight is 620 g/mol. The highest BCUT2D eigenvalue weighted by Gasteiger charge is 2.57. The van der Waals surface area contributed by atoms with Crippen molar-refractivity contribution >= 4 is 52.3 Å². The number of esters is 1. The molecule has 0 saturated carbocycles. The maximum Gasteiger partial charge on any atom is 0.416 e. The van der Waals surface area contributed by atoms with E-state index in [0.29, 0.717) is 15.5 Å². The molecule has 3 heterocycles. The summed E-state index contributed by atoms with van der Waals surface area (Å²) in [4.78, 5) is 56.3. The van der Waals surface area contributed by atoms with Gasteiger partial charge in [-0.25, -0.2) is 4.90 Å². The van der Waals surface area contributed by atoms with Gasteiger partial charge >= 0.3 is 17.0 Å². The van der Waals surface area contributed by atoms with E-state index in [-0.39, 0.29) is 18.8 Å². The van der Waals surface area contributed by atoms with E-state index in [1.54, 1.807) is 6.92 Å². The maximum atomic E-state index is 14.0. The van der Waals surface area contributed by atoms with Crippen molar-refractivity contribution in [1.29, 1.82) is 0 Å². The number of benzene rings is 2. The molecule has 5 rings (SSSR count). The quantitative estimate of drug-likeness (QED) is 0.255. The molecular formula is C29H28F3N3O5S2. The summed E-state index contributed by atoms with van der Waals surface area (Å²) in [7, 11) is 0. The molecule has 1 fully saturated rings. The Bertz CT molecular complexity index is 1580. The second-order valence-electron chi connectivity index (χ2n) is 9.79. The molecule has 8 nitrogen and oxygen atoms in total. The number of hydrogen-bond acceptors (Lipinski definition) is 8. The van der Waals surface area contributed by atoms with Crippen LogP contribution in [0.15, 0.2) is 58.4 Å². The minimum Gasteiger partial charge on any atom is -0.465 e. The number of carbonyl (C=O) groups is 3. The molecule has 0 spiro atoms. The molecule has 42 heavy (non-hydrogen) atoms.